The van der Waals surface area contributed by atoms with Crippen molar-refractivity contribution in [3.63, 3.8) is 0 Å². The minimum absolute atomic E-state index is 0.264. The van der Waals surface area contributed by atoms with E-state index in [-0.39, 0.29) is 10.2 Å². The normalized spacial score (nSPS) is 12.5. The van der Waals surface area contributed by atoms with Gasteiger partial charge in [0.25, 0.3) is 0 Å². The summed E-state index contributed by atoms with van der Waals surface area (Å²) >= 11 is 3.08. The van der Waals surface area contributed by atoms with Gasteiger partial charge < -0.3 is 14.3 Å². The third-order valence-electron chi connectivity index (χ3n) is 2.60. The lowest BCUT2D eigenvalue weighted by molar-refractivity contribution is 0.183. The van der Waals surface area contributed by atoms with Crippen molar-refractivity contribution in [2.75, 3.05) is 7.11 Å². The van der Waals surface area contributed by atoms with E-state index in [0.29, 0.717) is 17.1 Å². The second kappa shape index (κ2) is 5.12. The quantitative estimate of drug-likeness (QED) is 0.941. The monoisotopic (exact) mass is 314 g/mol. The first-order valence-corrected chi connectivity index (χ1v) is 6.09. The SMILES string of the molecule is COc1cc(F)c(Br)cc1C(O)c1ccc(C)o1. The summed E-state index contributed by atoms with van der Waals surface area (Å²) in [6.07, 6.45) is -0.995. The summed E-state index contributed by atoms with van der Waals surface area (Å²) in [5.74, 6) is 0.921. The number of rotatable bonds is 3. The summed E-state index contributed by atoms with van der Waals surface area (Å²) in [4.78, 5) is 0. The Morgan fingerprint density at radius 1 is 1.39 bits per heavy atom. The molecule has 1 aromatic carbocycles. The number of aryl methyl sites for hydroxylation is 1. The van der Waals surface area contributed by atoms with E-state index in [1.165, 1.54) is 19.2 Å². The van der Waals surface area contributed by atoms with E-state index in [4.69, 9.17) is 9.15 Å². The van der Waals surface area contributed by atoms with Crippen molar-refractivity contribution in [3.05, 3.63) is 51.6 Å². The van der Waals surface area contributed by atoms with Crippen LogP contribution in [0, 0.1) is 12.7 Å². The summed E-state index contributed by atoms with van der Waals surface area (Å²) in [5, 5.41) is 10.2. The molecule has 5 heteroatoms. The highest BCUT2D eigenvalue weighted by atomic mass is 79.9. The minimum Gasteiger partial charge on any atom is -0.496 e. The first kappa shape index (κ1) is 13.1. The van der Waals surface area contributed by atoms with Gasteiger partial charge in [0.1, 0.15) is 29.2 Å². The summed E-state index contributed by atoms with van der Waals surface area (Å²) in [6.45, 7) is 1.79. The molecule has 0 saturated carbocycles. The van der Waals surface area contributed by atoms with Gasteiger partial charge in [-0.3, -0.25) is 0 Å². The lowest BCUT2D eigenvalue weighted by Crippen LogP contribution is -2.02. The molecule has 3 nitrogen and oxygen atoms in total. The molecule has 2 rings (SSSR count). The molecule has 0 aliphatic heterocycles. The van der Waals surface area contributed by atoms with Crippen LogP contribution in [0.5, 0.6) is 5.75 Å². The molecule has 96 valence electrons. The number of furan rings is 1. The predicted octanol–water partition coefficient (Wildman–Crippen LogP) is 3.58. The average Bonchev–Trinajstić information content (AvgIpc) is 2.78. The van der Waals surface area contributed by atoms with E-state index in [2.05, 4.69) is 15.9 Å². The topological polar surface area (TPSA) is 42.6 Å². The Bertz CT molecular complexity index is 565. The summed E-state index contributed by atoms with van der Waals surface area (Å²) < 4.78 is 24.1. The van der Waals surface area contributed by atoms with Gasteiger partial charge in [-0.1, -0.05) is 0 Å². The van der Waals surface area contributed by atoms with Crippen LogP contribution >= 0.6 is 15.9 Å². The van der Waals surface area contributed by atoms with Gasteiger partial charge in [-0.15, -0.1) is 0 Å². The molecule has 0 aliphatic carbocycles. The fraction of sp³-hybridized carbons (Fsp3) is 0.231. The van der Waals surface area contributed by atoms with E-state index in [1.54, 1.807) is 19.1 Å². The van der Waals surface area contributed by atoms with Crippen LogP contribution in [0.15, 0.2) is 33.2 Å². The highest BCUT2D eigenvalue weighted by Gasteiger charge is 2.20. The number of hydrogen-bond donors (Lipinski definition) is 1. The molecule has 0 saturated heterocycles. The lowest BCUT2D eigenvalue weighted by Gasteiger charge is -2.14. The van der Waals surface area contributed by atoms with Gasteiger partial charge in [0.05, 0.1) is 11.6 Å². The Hall–Kier alpha value is -1.33. The van der Waals surface area contributed by atoms with E-state index in [0.717, 1.165) is 0 Å². The molecule has 1 unspecified atom stereocenters. The van der Waals surface area contributed by atoms with Crippen molar-refractivity contribution in [3.8, 4) is 5.75 Å². The van der Waals surface area contributed by atoms with Crippen molar-refractivity contribution in [2.24, 2.45) is 0 Å². The first-order valence-electron chi connectivity index (χ1n) is 5.30. The van der Waals surface area contributed by atoms with Crippen molar-refractivity contribution in [2.45, 2.75) is 13.0 Å². The van der Waals surface area contributed by atoms with Crippen molar-refractivity contribution < 1.29 is 18.7 Å². The van der Waals surface area contributed by atoms with Gasteiger partial charge in [-0.05, 0) is 41.1 Å². The number of aliphatic hydroxyl groups excluding tert-OH is 1. The van der Waals surface area contributed by atoms with Crippen molar-refractivity contribution in [1.29, 1.82) is 0 Å². The molecule has 0 radical (unpaired) electrons. The van der Waals surface area contributed by atoms with Gasteiger partial charge in [0, 0.05) is 11.6 Å². The van der Waals surface area contributed by atoms with Gasteiger partial charge in [-0.25, -0.2) is 4.39 Å². The van der Waals surface area contributed by atoms with Crippen LogP contribution in [-0.4, -0.2) is 12.2 Å². The van der Waals surface area contributed by atoms with Crippen LogP contribution < -0.4 is 4.74 Å². The Balaban J connectivity index is 2.46. The van der Waals surface area contributed by atoms with Crippen LogP contribution in [0.25, 0.3) is 0 Å². The molecule has 1 heterocycles. The molecule has 0 fully saturated rings. The summed E-state index contributed by atoms with van der Waals surface area (Å²) in [7, 11) is 1.42. The fourth-order valence-corrected chi connectivity index (χ4v) is 2.05. The third-order valence-corrected chi connectivity index (χ3v) is 3.21. The zero-order valence-electron chi connectivity index (χ0n) is 9.91. The smallest absolute Gasteiger partial charge is 0.141 e. The molecular weight excluding hydrogens is 303 g/mol. The highest BCUT2D eigenvalue weighted by molar-refractivity contribution is 9.10. The molecule has 0 spiro atoms. The number of ether oxygens (including phenoxy) is 1. The third kappa shape index (κ3) is 2.42. The Morgan fingerprint density at radius 2 is 2.11 bits per heavy atom. The number of benzene rings is 1. The Kier molecular flexibility index (Phi) is 3.73. The van der Waals surface area contributed by atoms with E-state index < -0.39 is 11.9 Å². The molecule has 1 N–H and O–H groups in total. The van der Waals surface area contributed by atoms with Gasteiger partial charge in [0.2, 0.25) is 0 Å². The molecule has 0 aliphatic rings. The zero-order valence-corrected chi connectivity index (χ0v) is 11.5. The predicted molar refractivity (Wildman–Crippen MR) is 68.2 cm³/mol. The van der Waals surface area contributed by atoms with Crippen LogP contribution in [-0.2, 0) is 0 Å². The lowest BCUT2D eigenvalue weighted by atomic mass is 10.1. The van der Waals surface area contributed by atoms with Crippen LogP contribution in [0.3, 0.4) is 0 Å². The molecule has 18 heavy (non-hydrogen) atoms. The van der Waals surface area contributed by atoms with Crippen LogP contribution in [0.2, 0.25) is 0 Å². The van der Waals surface area contributed by atoms with Crippen molar-refractivity contribution >= 4 is 15.9 Å². The maximum Gasteiger partial charge on any atom is 0.141 e. The van der Waals surface area contributed by atoms with Crippen LogP contribution in [0.1, 0.15) is 23.2 Å². The fourth-order valence-electron chi connectivity index (χ4n) is 1.69. The first-order chi connectivity index (χ1) is 8.52. The number of halogens is 2. The average molecular weight is 315 g/mol. The second-order valence-corrected chi connectivity index (χ2v) is 4.71. The summed E-state index contributed by atoms with van der Waals surface area (Å²) in [5.41, 5.74) is 0.445. The molecule has 2 aromatic rings. The van der Waals surface area contributed by atoms with Gasteiger partial charge in [-0.2, -0.15) is 0 Å². The number of methoxy groups -OCH3 is 1. The number of hydrogen-bond acceptors (Lipinski definition) is 3. The largest absolute Gasteiger partial charge is 0.496 e. The Morgan fingerprint density at radius 3 is 2.67 bits per heavy atom. The van der Waals surface area contributed by atoms with E-state index in [9.17, 15) is 9.50 Å². The highest BCUT2D eigenvalue weighted by Crippen LogP contribution is 2.34. The van der Waals surface area contributed by atoms with Gasteiger partial charge in [0.15, 0.2) is 0 Å². The Labute approximate surface area is 112 Å². The molecule has 0 bridgehead atoms. The summed E-state index contributed by atoms with van der Waals surface area (Å²) in [6, 6.07) is 6.13. The van der Waals surface area contributed by atoms with Gasteiger partial charge >= 0.3 is 0 Å². The zero-order chi connectivity index (χ0) is 13.3. The van der Waals surface area contributed by atoms with E-state index in [1.807, 2.05) is 0 Å². The molecular formula is C13H12BrFO3. The second-order valence-electron chi connectivity index (χ2n) is 3.86. The maximum absolute atomic E-state index is 13.4. The minimum atomic E-state index is -0.995. The molecule has 1 atom stereocenters. The maximum atomic E-state index is 13.4. The number of aliphatic hydroxyl groups is 1. The molecule has 0 amide bonds. The van der Waals surface area contributed by atoms with Crippen molar-refractivity contribution in [1.82, 2.24) is 0 Å². The molecule has 1 aromatic heterocycles. The standard InChI is InChI=1S/C13H12BrFO3/c1-7-3-4-11(18-7)13(16)8-5-9(14)10(15)6-12(8)17-2/h3-6,13,16H,1-2H3. The van der Waals surface area contributed by atoms with E-state index >= 15 is 0 Å². The van der Waals surface area contributed by atoms with Crippen LogP contribution in [0.4, 0.5) is 4.39 Å².